The van der Waals surface area contributed by atoms with Crippen molar-refractivity contribution in [2.45, 2.75) is 73.1 Å². The zero-order chi connectivity index (χ0) is 14.7. The van der Waals surface area contributed by atoms with Crippen LogP contribution < -0.4 is 0 Å². The van der Waals surface area contributed by atoms with E-state index in [2.05, 4.69) is 33.8 Å². The maximum absolute atomic E-state index is 11.3. The molecule has 0 fully saturated rings. The first-order valence-corrected chi connectivity index (χ1v) is 7.74. The molecular formula is C17H32O2. The van der Waals surface area contributed by atoms with Crippen LogP contribution in [-0.2, 0) is 9.53 Å². The average Bonchev–Trinajstić information content (AvgIpc) is 2.28. The van der Waals surface area contributed by atoms with Gasteiger partial charge in [0.05, 0.1) is 6.61 Å². The highest BCUT2D eigenvalue weighted by molar-refractivity contribution is 5.69. The van der Waals surface area contributed by atoms with Gasteiger partial charge >= 0.3 is 5.97 Å². The summed E-state index contributed by atoms with van der Waals surface area (Å²) in [4.78, 5) is 11.3. The Morgan fingerprint density at radius 2 is 1.74 bits per heavy atom. The molecule has 0 aliphatic heterocycles. The molecule has 0 aliphatic carbocycles. The molecule has 0 rings (SSSR count). The maximum Gasteiger partial charge on any atom is 0.306 e. The molecule has 0 spiro atoms. The first kappa shape index (κ1) is 18.2. The number of ether oxygens (including phenoxy) is 1. The number of rotatable bonds is 10. The van der Waals surface area contributed by atoms with E-state index in [4.69, 9.17) is 4.74 Å². The molecule has 0 radical (unpaired) electrons. The van der Waals surface area contributed by atoms with E-state index in [1.165, 1.54) is 31.3 Å². The van der Waals surface area contributed by atoms with E-state index in [0.29, 0.717) is 18.9 Å². The zero-order valence-electron chi connectivity index (χ0n) is 13.5. The fraction of sp³-hybridized carbons (Fsp3) is 0.824. The molecular weight excluding hydrogens is 236 g/mol. The van der Waals surface area contributed by atoms with Gasteiger partial charge in [-0.2, -0.15) is 0 Å². The monoisotopic (exact) mass is 268 g/mol. The van der Waals surface area contributed by atoms with Crippen LogP contribution in [0.15, 0.2) is 11.6 Å². The van der Waals surface area contributed by atoms with Crippen molar-refractivity contribution in [3.63, 3.8) is 0 Å². The van der Waals surface area contributed by atoms with Crippen molar-refractivity contribution in [3.05, 3.63) is 11.6 Å². The summed E-state index contributed by atoms with van der Waals surface area (Å²) in [6, 6.07) is 0. The van der Waals surface area contributed by atoms with Crippen LogP contribution in [0.25, 0.3) is 0 Å². The van der Waals surface area contributed by atoms with Crippen molar-refractivity contribution in [1.29, 1.82) is 0 Å². The molecule has 0 aromatic heterocycles. The van der Waals surface area contributed by atoms with Gasteiger partial charge in [0.15, 0.2) is 0 Å². The summed E-state index contributed by atoms with van der Waals surface area (Å²) in [5.74, 6) is 1.18. The Balaban J connectivity index is 3.60. The highest BCUT2D eigenvalue weighted by Crippen LogP contribution is 2.19. The van der Waals surface area contributed by atoms with E-state index in [-0.39, 0.29) is 5.97 Å². The Morgan fingerprint density at radius 3 is 2.32 bits per heavy atom. The number of carbonyl (C=O) groups is 1. The van der Waals surface area contributed by atoms with Crippen LogP contribution in [0.2, 0.25) is 0 Å². The van der Waals surface area contributed by atoms with Crippen molar-refractivity contribution in [2.24, 2.45) is 11.8 Å². The Kier molecular flexibility index (Phi) is 10.6. The highest BCUT2D eigenvalue weighted by Gasteiger charge is 2.10. The van der Waals surface area contributed by atoms with Gasteiger partial charge in [-0.05, 0) is 45.4 Å². The molecule has 2 heteroatoms. The first-order valence-electron chi connectivity index (χ1n) is 7.74. The van der Waals surface area contributed by atoms with Gasteiger partial charge in [0.25, 0.3) is 0 Å². The molecule has 0 saturated heterocycles. The first-order chi connectivity index (χ1) is 8.95. The summed E-state index contributed by atoms with van der Waals surface area (Å²) in [7, 11) is 0. The minimum atomic E-state index is -0.0494. The Bertz CT molecular complexity index is 264. The van der Waals surface area contributed by atoms with Gasteiger partial charge in [0.2, 0.25) is 0 Å². The van der Waals surface area contributed by atoms with Crippen LogP contribution in [-0.4, -0.2) is 12.6 Å². The number of allylic oxidation sites excluding steroid dienone is 2. The topological polar surface area (TPSA) is 26.3 Å². The summed E-state index contributed by atoms with van der Waals surface area (Å²) in [5.41, 5.74) is 1.41. The van der Waals surface area contributed by atoms with Crippen LogP contribution in [0.1, 0.15) is 73.1 Å². The van der Waals surface area contributed by atoms with Crippen LogP contribution in [0, 0.1) is 11.8 Å². The lowest BCUT2D eigenvalue weighted by atomic mass is 9.94. The second-order valence-electron chi connectivity index (χ2n) is 6.01. The summed E-state index contributed by atoms with van der Waals surface area (Å²) >= 11 is 0. The minimum Gasteiger partial charge on any atom is -0.466 e. The normalized spacial score (nSPS) is 13.7. The molecule has 0 amide bonds. The third kappa shape index (κ3) is 12.0. The molecule has 112 valence electrons. The number of esters is 1. The smallest absolute Gasteiger partial charge is 0.306 e. The third-order valence-corrected chi connectivity index (χ3v) is 3.43. The molecule has 0 aromatic carbocycles. The van der Waals surface area contributed by atoms with E-state index >= 15 is 0 Å². The molecule has 0 bridgehead atoms. The van der Waals surface area contributed by atoms with Crippen molar-refractivity contribution >= 4 is 5.97 Å². The maximum atomic E-state index is 11.3. The van der Waals surface area contributed by atoms with Crippen LogP contribution >= 0.6 is 0 Å². The number of hydrogen-bond donors (Lipinski definition) is 0. The second kappa shape index (κ2) is 11.1. The van der Waals surface area contributed by atoms with Gasteiger partial charge in [-0.1, -0.05) is 44.8 Å². The third-order valence-electron chi connectivity index (χ3n) is 3.43. The van der Waals surface area contributed by atoms with Crippen molar-refractivity contribution in [2.75, 3.05) is 6.61 Å². The molecule has 0 heterocycles. The van der Waals surface area contributed by atoms with E-state index in [9.17, 15) is 4.79 Å². The van der Waals surface area contributed by atoms with Crippen LogP contribution in [0.3, 0.4) is 0 Å². The van der Waals surface area contributed by atoms with Gasteiger partial charge in [-0.15, -0.1) is 0 Å². The largest absolute Gasteiger partial charge is 0.466 e. The van der Waals surface area contributed by atoms with Crippen molar-refractivity contribution < 1.29 is 9.53 Å². The standard InChI is InChI=1S/C17H32O2/c1-6-19-17(18)13-16(5)12-8-11-15(4)10-7-9-14(2)3/h9,15-16H,6-8,10-13H2,1-5H3. The van der Waals surface area contributed by atoms with E-state index in [1.807, 2.05) is 6.92 Å². The molecule has 0 aromatic rings. The van der Waals surface area contributed by atoms with E-state index < -0.39 is 0 Å². The summed E-state index contributed by atoms with van der Waals surface area (Å²) in [6.07, 6.45) is 8.98. The number of carbonyl (C=O) groups excluding carboxylic acids is 1. The van der Waals surface area contributed by atoms with Gasteiger partial charge in [0, 0.05) is 6.42 Å². The Labute approximate surface area is 119 Å². The minimum absolute atomic E-state index is 0.0494. The summed E-state index contributed by atoms with van der Waals surface area (Å²) in [6.45, 7) is 11.1. The SMILES string of the molecule is CCOC(=O)CC(C)CCCC(C)CCC=C(C)C. The summed E-state index contributed by atoms with van der Waals surface area (Å²) in [5, 5.41) is 0. The molecule has 0 saturated carbocycles. The lowest BCUT2D eigenvalue weighted by Crippen LogP contribution is -2.09. The second-order valence-corrected chi connectivity index (χ2v) is 6.01. The zero-order valence-corrected chi connectivity index (χ0v) is 13.5. The fourth-order valence-corrected chi connectivity index (χ4v) is 2.22. The highest BCUT2D eigenvalue weighted by atomic mass is 16.5. The van der Waals surface area contributed by atoms with Gasteiger partial charge in [-0.25, -0.2) is 0 Å². The fourth-order valence-electron chi connectivity index (χ4n) is 2.22. The van der Waals surface area contributed by atoms with Gasteiger partial charge in [0.1, 0.15) is 0 Å². The lowest BCUT2D eigenvalue weighted by molar-refractivity contribution is -0.144. The molecule has 2 atom stereocenters. The van der Waals surface area contributed by atoms with Gasteiger partial charge in [-0.3, -0.25) is 4.79 Å². The van der Waals surface area contributed by atoms with Crippen LogP contribution in [0.4, 0.5) is 0 Å². The summed E-state index contributed by atoms with van der Waals surface area (Å²) < 4.78 is 4.97. The molecule has 19 heavy (non-hydrogen) atoms. The van der Waals surface area contributed by atoms with Gasteiger partial charge < -0.3 is 4.74 Å². The predicted octanol–water partition coefficient (Wildman–Crippen LogP) is 5.13. The lowest BCUT2D eigenvalue weighted by Gasteiger charge is -2.13. The number of hydrogen-bond acceptors (Lipinski definition) is 2. The molecule has 0 aliphatic rings. The van der Waals surface area contributed by atoms with E-state index in [0.717, 1.165) is 12.3 Å². The molecule has 0 N–H and O–H groups in total. The van der Waals surface area contributed by atoms with Crippen LogP contribution in [0.5, 0.6) is 0 Å². The molecule has 2 nitrogen and oxygen atoms in total. The molecule has 2 unspecified atom stereocenters. The van der Waals surface area contributed by atoms with Crippen molar-refractivity contribution in [3.8, 4) is 0 Å². The Morgan fingerprint density at radius 1 is 1.11 bits per heavy atom. The Hall–Kier alpha value is -0.790. The van der Waals surface area contributed by atoms with E-state index in [1.54, 1.807) is 0 Å². The average molecular weight is 268 g/mol. The van der Waals surface area contributed by atoms with Crippen molar-refractivity contribution in [1.82, 2.24) is 0 Å². The quantitative estimate of drug-likeness (QED) is 0.405. The predicted molar refractivity (Wildman–Crippen MR) is 82.1 cm³/mol.